The largest absolute Gasteiger partial charge is 0.482 e. The summed E-state index contributed by atoms with van der Waals surface area (Å²) in [6.45, 7) is 4.99. The van der Waals surface area contributed by atoms with Crippen molar-refractivity contribution in [3.8, 4) is 5.75 Å². The lowest BCUT2D eigenvalue weighted by Crippen LogP contribution is -2.41. The second-order valence-corrected chi connectivity index (χ2v) is 6.33. The first kappa shape index (κ1) is 20.3. The minimum Gasteiger partial charge on any atom is -0.482 e. The molecule has 0 spiro atoms. The number of hydrogen-bond donors (Lipinski definition) is 1. The molecule has 0 unspecified atom stereocenters. The van der Waals surface area contributed by atoms with Gasteiger partial charge in [-0.15, -0.1) is 12.4 Å². The van der Waals surface area contributed by atoms with Gasteiger partial charge in [0.25, 0.3) is 5.91 Å². The van der Waals surface area contributed by atoms with E-state index in [4.69, 9.17) is 33.7 Å². The number of benzene rings is 1. The third-order valence-electron chi connectivity index (χ3n) is 2.89. The Morgan fingerprint density at radius 1 is 1.38 bits per heavy atom. The zero-order valence-corrected chi connectivity index (χ0v) is 14.7. The minimum atomic E-state index is -0.137. The number of rotatable bonds is 6. The summed E-state index contributed by atoms with van der Waals surface area (Å²) in [6, 6.07) is 4.88. The molecule has 1 amide bonds. The van der Waals surface area contributed by atoms with Crippen molar-refractivity contribution in [1.82, 2.24) is 4.90 Å². The summed E-state index contributed by atoms with van der Waals surface area (Å²) in [5.41, 5.74) is 5.53. The summed E-state index contributed by atoms with van der Waals surface area (Å²) in [6.07, 6.45) is 0. The number of halogens is 3. The molecule has 0 saturated heterocycles. The second kappa shape index (κ2) is 8.69. The van der Waals surface area contributed by atoms with Crippen molar-refractivity contribution in [2.75, 3.05) is 26.7 Å². The molecule has 1 aromatic carbocycles. The van der Waals surface area contributed by atoms with Gasteiger partial charge in [-0.1, -0.05) is 37.0 Å². The van der Waals surface area contributed by atoms with Crippen molar-refractivity contribution in [1.29, 1.82) is 0 Å². The van der Waals surface area contributed by atoms with Gasteiger partial charge in [-0.05, 0) is 24.1 Å². The van der Waals surface area contributed by atoms with Crippen molar-refractivity contribution in [3.63, 3.8) is 0 Å². The van der Waals surface area contributed by atoms with Crippen molar-refractivity contribution < 1.29 is 9.53 Å². The third kappa shape index (κ3) is 6.74. The van der Waals surface area contributed by atoms with Crippen LogP contribution in [0.5, 0.6) is 5.75 Å². The van der Waals surface area contributed by atoms with E-state index in [0.29, 0.717) is 28.9 Å². The molecule has 0 aliphatic carbocycles. The minimum absolute atomic E-state index is 0. The van der Waals surface area contributed by atoms with Gasteiger partial charge in [-0.25, -0.2) is 0 Å². The van der Waals surface area contributed by atoms with Crippen LogP contribution in [-0.4, -0.2) is 37.6 Å². The highest BCUT2D eigenvalue weighted by molar-refractivity contribution is 6.34. The molecule has 1 rings (SSSR count). The molecule has 0 aliphatic heterocycles. The maximum atomic E-state index is 12.0. The van der Waals surface area contributed by atoms with Crippen LogP contribution in [0.1, 0.15) is 13.8 Å². The van der Waals surface area contributed by atoms with E-state index < -0.39 is 0 Å². The lowest BCUT2D eigenvalue weighted by atomic mass is 9.93. The smallest absolute Gasteiger partial charge is 0.260 e. The van der Waals surface area contributed by atoms with E-state index in [-0.39, 0.29) is 30.3 Å². The van der Waals surface area contributed by atoms with Crippen molar-refractivity contribution >= 4 is 41.5 Å². The van der Waals surface area contributed by atoms with Gasteiger partial charge in [-0.3, -0.25) is 4.79 Å². The Balaban J connectivity index is 0.00000400. The average molecular weight is 356 g/mol. The fourth-order valence-corrected chi connectivity index (χ4v) is 1.97. The maximum Gasteiger partial charge on any atom is 0.260 e. The van der Waals surface area contributed by atoms with Crippen LogP contribution in [-0.2, 0) is 4.79 Å². The van der Waals surface area contributed by atoms with Crippen LogP contribution in [0.25, 0.3) is 0 Å². The number of amides is 1. The summed E-state index contributed by atoms with van der Waals surface area (Å²) in [7, 11) is 1.72. The quantitative estimate of drug-likeness (QED) is 0.852. The normalized spacial score (nSPS) is 10.8. The van der Waals surface area contributed by atoms with E-state index in [1.165, 1.54) is 0 Å². The van der Waals surface area contributed by atoms with Gasteiger partial charge in [0.2, 0.25) is 0 Å². The standard InChI is InChI=1S/C14H20Cl2N2O2.ClH/c1-14(2,8-17)9-18(3)13(19)7-20-12-6-10(15)4-5-11(12)16;/h4-6H,7-9,17H2,1-3H3;1H. The predicted molar refractivity (Wildman–Crippen MR) is 89.7 cm³/mol. The predicted octanol–water partition coefficient (Wildman–Crippen LogP) is 3.24. The van der Waals surface area contributed by atoms with Gasteiger partial charge in [0.15, 0.2) is 6.61 Å². The molecule has 4 nitrogen and oxygen atoms in total. The molecule has 1 aromatic rings. The van der Waals surface area contributed by atoms with Crippen molar-refractivity contribution in [2.24, 2.45) is 11.1 Å². The number of ether oxygens (including phenoxy) is 1. The Morgan fingerprint density at radius 2 is 2.00 bits per heavy atom. The Bertz CT molecular complexity index is 481. The fourth-order valence-electron chi connectivity index (χ4n) is 1.63. The van der Waals surface area contributed by atoms with Crippen LogP contribution in [0.4, 0.5) is 0 Å². The number of nitrogens with two attached hydrogens (primary N) is 1. The monoisotopic (exact) mass is 354 g/mol. The number of carbonyl (C=O) groups excluding carboxylic acids is 1. The average Bonchev–Trinajstić information content (AvgIpc) is 2.39. The molecule has 0 aromatic heterocycles. The first-order chi connectivity index (χ1) is 9.25. The Labute approximate surface area is 141 Å². The molecular formula is C14H21Cl3N2O2. The Morgan fingerprint density at radius 3 is 2.57 bits per heavy atom. The maximum absolute atomic E-state index is 12.0. The highest BCUT2D eigenvalue weighted by Crippen LogP contribution is 2.27. The molecule has 2 N–H and O–H groups in total. The van der Waals surface area contributed by atoms with E-state index >= 15 is 0 Å². The zero-order valence-electron chi connectivity index (χ0n) is 12.4. The van der Waals surface area contributed by atoms with Gasteiger partial charge in [0, 0.05) is 24.7 Å². The first-order valence-corrected chi connectivity index (χ1v) is 7.02. The molecule has 0 radical (unpaired) electrons. The summed E-state index contributed by atoms with van der Waals surface area (Å²) in [5.74, 6) is 0.265. The topological polar surface area (TPSA) is 55.6 Å². The van der Waals surface area contributed by atoms with Crippen LogP contribution in [0, 0.1) is 5.41 Å². The van der Waals surface area contributed by atoms with E-state index in [1.54, 1.807) is 30.1 Å². The van der Waals surface area contributed by atoms with E-state index in [1.807, 2.05) is 13.8 Å². The summed E-state index contributed by atoms with van der Waals surface area (Å²) < 4.78 is 5.41. The van der Waals surface area contributed by atoms with Gasteiger partial charge < -0.3 is 15.4 Å². The van der Waals surface area contributed by atoms with E-state index in [0.717, 1.165) is 0 Å². The van der Waals surface area contributed by atoms with Crippen molar-refractivity contribution in [2.45, 2.75) is 13.8 Å². The molecular weight excluding hydrogens is 335 g/mol. The van der Waals surface area contributed by atoms with Gasteiger partial charge in [-0.2, -0.15) is 0 Å². The van der Waals surface area contributed by atoms with Crippen LogP contribution in [0.15, 0.2) is 18.2 Å². The number of hydrogen-bond acceptors (Lipinski definition) is 3. The molecule has 120 valence electrons. The van der Waals surface area contributed by atoms with E-state index in [9.17, 15) is 4.79 Å². The van der Waals surface area contributed by atoms with Crippen LogP contribution >= 0.6 is 35.6 Å². The Kier molecular flexibility index (Phi) is 8.41. The Hall–Kier alpha value is -0.680. The summed E-state index contributed by atoms with van der Waals surface area (Å²) in [5, 5.41) is 0.932. The van der Waals surface area contributed by atoms with Gasteiger partial charge in [0.1, 0.15) is 5.75 Å². The molecule has 7 heteroatoms. The van der Waals surface area contributed by atoms with Gasteiger partial charge in [0.05, 0.1) is 5.02 Å². The molecule has 0 heterocycles. The van der Waals surface area contributed by atoms with Crippen molar-refractivity contribution in [3.05, 3.63) is 28.2 Å². The van der Waals surface area contributed by atoms with Gasteiger partial charge >= 0.3 is 0 Å². The lowest BCUT2D eigenvalue weighted by Gasteiger charge is -2.29. The molecule has 0 aliphatic rings. The molecule has 0 bridgehead atoms. The highest BCUT2D eigenvalue weighted by atomic mass is 35.5. The zero-order chi connectivity index (χ0) is 15.3. The van der Waals surface area contributed by atoms with Crippen LogP contribution in [0.3, 0.4) is 0 Å². The van der Waals surface area contributed by atoms with Crippen LogP contribution in [0.2, 0.25) is 10.0 Å². The molecule has 0 saturated carbocycles. The van der Waals surface area contributed by atoms with E-state index in [2.05, 4.69) is 0 Å². The third-order valence-corrected chi connectivity index (χ3v) is 3.44. The highest BCUT2D eigenvalue weighted by Gasteiger charge is 2.21. The first-order valence-electron chi connectivity index (χ1n) is 6.27. The number of carbonyl (C=O) groups is 1. The summed E-state index contributed by atoms with van der Waals surface area (Å²) >= 11 is 11.8. The molecule has 21 heavy (non-hydrogen) atoms. The molecule has 0 atom stereocenters. The van der Waals surface area contributed by atoms with Crippen LogP contribution < -0.4 is 10.5 Å². The fraction of sp³-hybridized carbons (Fsp3) is 0.500. The molecule has 0 fully saturated rings. The lowest BCUT2D eigenvalue weighted by molar-refractivity contribution is -0.133. The second-order valence-electron chi connectivity index (χ2n) is 5.48. The number of likely N-dealkylation sites (N-methyl/N-ethyl adjacent to an activating group) is 1. The SMILES string of the molecule is CN(CC(C)(C)CN)C(=O)COc1cc(Cl)ccc1Cl.Cl. The summed E-state index contributed by atoms with van der Waals surface area (Å²) in [4.78, 5) is 13.6. The number of nitrogens with zero attached hydrogens (tertiary/aromatic N) is 1.